The zero-order valence-electron chi connectivity index (χ0n) is 14.4. The van der Waals surface area contributed by atoms with E-state index in [2.05, 4.69) is 4.98 Å². The van der Waals surface area contributed by atoms with E-state index < -0.39 is 5.60 Å². The predicted molar refractivity (Wildman–Crippen MR) is 90.1 cm³/mol. The highest BCUT2D eigenvalue weighted by Crippen LogP contribution is 2.27. The topological polar surface area (TPSA) is 56.6 Å². The molecule has 0 spiro atoms. The predicted octanol–water partition coefficient (Wildman–Crippen LogP) is 2.04. The molecule has 1 fully saturated rings. The molecule has 1 saturated heterocycles. The van der Waals surface area contributed by atoms with Crippen LogP contribution in [0.3, 0.4) is 0 Å². The van der Waals surface area contributed by atoms with E-state index in [1.54, 1.807) is 29.0 Å². The van der Waals surface area contributed by atoms with Gasteiger partial charge in [-0.15, -0.1) is 0 Å². The molecule has 6 heteroatoms. The second-order valence-electron chi connectivity index (χ2n) is 6.33. The van der Waals surface area contributed by atoms with Crippen molar-refractivity contribution in [2.24, 2.45) is 7.05 Å². The fourth-order valence-corrected chi connectivity index (χ4v) is 2.92. The molecule has 1 aliphatic heterocycles. The van der Waals surface area contributed by atoms with Crippen LogP contribution in [-0.4, -0.2) is 52.8 Å². The van der Waals surface area contributed by atoms with Crippen LogP contribution in [0.5, 0.6) is 5.75 Å². The smallest absolute Gasteiger partial charge is 0.289 e. The van der Waals surface area contributed by atoms with Crippen molar-refractivity contribution < 1.29 is 14.3 Å². The number of ether oxygens (including phenoxy) is 2. The molecule has 0 bridgehead atoms. The van der Waals surface area contributed by atoms with Crippen molar-refractivity contribution >= 4 is 5.91 Å². The van der Waals surface area contributed by atoms with Crippen molar-refractivity contribution in [3.63, 3.8) is 0 Å². The number of benzene rings is 1. The van der Waals surface area contributed by atoms with Gasteiger partial charge in [-0.25, -0.2) is 4.98 Å². The number of rotatable bonds is 5. The summed E-state index contributed by atoms with van der Waals surface area (Å²) in [7, 11) is 3.49. The quantitative estimate of drug-likeness (QED) is 0.842. The summed E-state index contributed by atoms with van der Waals surface area (Å²) < 4.78 is 13.4. The molecule has 1 atom stereocenters. The summed E-state index contributed by atoms with van der Waals surface area (Å²) in [5.41, 5.74) is 0.711. The van der Waals surface area contributed by atoms with Gasteiger partial charge in [0.2, 0.25) is 0 Å². The lowest BCUT2D eigenvalue weighted by Gasteiger charge is -2.27. The van der Waals surface area contributed by atoms with Crippen LogP contribution in [0.1, 0.15) is 22.6 Å². The van der Waals surface area contributed by atoms with E-state index in [-0.39, 0.29) is 5.91 Å². The molecule has 6 nitrogen and oxygen atoms in total. The summed E-state index contributed by atoms with van der Waals surface area (Å²) in [6.45, 7) is 3.59. The normalized spacial score (nSPS) is 20.4. The van der Waals surface area contributed by atoms with Crippen molar-refractivity contribution in [1.82, 2.24) is 14.5 Å². The van der Waals surface area contributed by atoms with Gasteiger partial charge >= 0.3 is 0 Å². The van der Waals surface area contributed by atoms with E-state index in [1.807, 2.05) is 38.2 Å². The Morgan fingerprint density at radius 2 is 2.08 bits per heavy atom. The zero-order chi connectivity index (χ0) is 17.2. The van der Waals surface area contributed by atoms with Crippen molar-refractivity contribution in [2.75, 3.05) is 26.8 Å². The SMILES string of the molecule is CO[C@]1(COc2ccc(C)cc2)CCN(C(=O)c2nccn2C)C1. The summed E-state index contributed by atoms with van der Waals surface area (Å²) in [5, 5.41) is 0. The average molecular weight is 329 g/mol. The van der Waals surface area contributed by atoms with Gasteiger partial charge in [0.05, 0.1) is 6.54 Å². The number of likely N-dealkylation sites (tertiary alicyclic amines) is 1. The second kappa shape index (κ2) is 6.65. The van der Waals surface area contributed by atoms with Crippen molar-refractivity contribution in [3.05, 3.63) is 48.0 Å². The molecule has 0 aliphatic carbocycles. The highest BCUT2D eigenvalue weighted by atomic mass is 16.5. The summed E-state index contributed by atoms with van der Waals surface area (Å²) in [4.78, 5) is 18.5. The van der Waals surface area contributed by atoms with Crippen LogP contribution in [0.15, 0.2) is 36.7 Å². The molecular formula is C18H23N3O3. The van der Waals surface area contributed by atoms with Gasteiger partial charge in [-0.3, -0.25) is 4.79 Å². The molecule has 1 aromatic carbocycles. The molecule has 0 N–H and O–H groups in total. The van der Waals surface area contributed by atoms with Crippen LogP contribution in [-0.2, 0) is 11.8 Å². The average Bonchev–Trinajstić information content (AvgIpc) is 3.21. The number of carbonyl (C=O) groups is 1. The third kappa shape index (κ3) is 3.28. The number of nitrogens with zero attached hydrogens (tertiary/aromatic N) is 3. The Morgan fingerprint density at radius 3 is 2.71 bits per heavy atom. The molecule has 2 aromatic rings. The Labute approximate surface area is 142 Å². The maximum Gasteiger partial charge on any atom is 0.289 e. The van der Waals surface area contributed by atoms with Gasteiger partial charge in [-0.05, 0) is 25.5 Å². The van der Waals surface area contributed by atoms with E-state index in [0.717, 1.165) is 12.2 Å². The Morgan fingerprint density at radius 1 is 1.33 bits per heavy atom. The Hall–Kier alpha value is -2.34. The highest BCUT2D eigenvalue weighted by molar-refractivity contribution is 5.91. The Kier molecular flexibility index (Phi) is 4.57. The summed E-state index contributed by atoms with van der Waals surface area (Å²) >= 11 is 0. The molecule has 24 heavy (non-hydrogen) atoms. The zero-order valence-corrected chi connectivity index (χ0v) is 14.4. The molecule has 0 saturated carbocycles. The third-order valence-corrected chi connectivity index (χ3v) is 4.57. The largest absolute Gasteiger partial charge is 0.491 e. The molecule has 128 valence electrons. The molecule has 1 amide bonds. The minimum atomic E-state index is -0.480. The fraction of sp³-hybridized carbons (Fsp3) is 0.444. The maximum atomic E-state index is 12.6. The first-order valence-electron chi connectivity index (χ1n) is 8.04. The minimum absolute atomic E-state index is 0.0724. The van der Waals surface area contributed by atoms with Crippen molar-refractivity contribution in [3.8, 4) is 5.75 Å². The van der Waals surface area contributed by atoms with Crippen LogP contribution in [0.2, 0.25) is 0 Å². The van der Waals surface area contributed by atoms with Crippen LogP contribution in [0.4, 0.5) is 0 Å². The van der Waals surface area contributed by atoms with Gasteiger partial charge in [0.1, 0.15) is 18.0 Å². The van der Waals surface area contributed by atoms with E-state index in [0.29, 0.717) is 25.5 Å². The molecule has 3 rings (SSSR count). The van der Waals surface area contributed by atoms with Gasteiger partial charge in [-0.2, -0.15) is 0 Å². The maximum absolute atomic E-state index is 12.6. The van der Waals surface area contributed by atoms with E-state index in [9.17, 15) is 4.79 Å². The second-order valence-corrected chi connectivity index (χ2v) is 6.33. The monoisotopic (exact) mass is 329 g/mol. The lowest BCUT2D eigenvalue weighted by Crippen LogP contribution is -2.42. The number of hydrogen-bond donors (Lipinski definition) is 0. The molecule has 1 aromatic heterocycles. The summed E-state index contributed by atoms with van der Waals surface area (Å²) in [6, 6.07) is 7.93. The third-order valence-electron chi connectivity index (χ3n) is 4.57. The van der Waals surface area contributed by atoms with Crippen LogP contribution in [0, 0.1) is 6.92 Å². The minimum Gasteiger partial charge on any atom is -0.491 e. The van der Waals surface area contributed by atoms with Crippen molar-refractivity contribution in [1.29, 1.82) is 0 Å². The number of aryl methyl sites for hydroxylation is 2. The number of hydrogen-bond acceptors (Lipinski definition) is 4. The van der Waals surface area contributed by atoms with Crippen LogP contribution < -0.4 is 4.74 Å². The van der Waals surface area contributed by atoms with Crippen LogP contribution >= 0.6 is 0 Å². The molecular weight excluding hydrogens is 306 g/mol. The lowest BCUT2D eigenvalue weighted by molar-refractivity contribution is -0.0343. The molecule has 0 radical (unpaired) electrons. The van der Waals surface area contributed by atoms with Crippen molar-refractivity contribution in [2.45, 2.75) is 18.9 Å². The first-order chi connectivity index (χ1) is 11.5. The van der Waals surface area contributed by atoms with Gasteiger partial charge in [0.15, 0.2) is 5.82 Å². The standard InChI is InChI=1S/C18H23N3O3/c1-14-4-6-15(7-5-14)24-13-18(23-3)8-10-21(12-18)17(22)16-19-9-11-20(16)2/h4-7,9,11H,8,10,12-13H2,1-3H3/t18-/m1/s1. The molecule has 1 aliphatic rings. The first-order valence-corrected chi connectivity index (χ1v) is 8.04. The van der Waals surface area contributed by atoms with E-state index in [1.165, 1.54) is 5.56 Å². The van der Waals surface area contributed by atoms with Gasteiger partial charge < -0.3 is 18.9 Å². The molecule has 0 unspecified atom stereocenters. The number of methoxy groups -OCH3 is 1. The number of aromatic nitrogens is 2. The fourth-order valence-electron chi connectivity index (χ4n) is 2.92. The van der Waals surface area contributed by atoms with Gasteiger partial charge in [0.25, 0.3) is 5.91 Å². The van der Waals surface area contributed by atoms with Gasteiger partial charge in [-0.1, -0.05) is 17.7 Å². The summed E-state index contributed by atoms with van der Waals surface area (Å²) in [6.07, 6.45) is 4.15. The Bertz CT molecular complexity index is 711. The van der Waals surface area contributed by atoms with E-state index in [4.69, 9.17) is 9.47 Å². The number of imidazole rings is 1. The number of amides is 1. The van der Waals surface area contributed by atoms with Gasteiger partial charge in [0, 0.05) is 33.1 Å². The number of carbonyl (C=O) groups excluding carboxylic acids is 1. The van der Waals surface area contributed by atoms with Crippen LogP contribution in [0.25, 0.3) is 0 Å². The van der Waals surface area contributed by atoms with E-state index >= 15 is 0 Å². The summed E-state index contributed by atoms with van der Waals surface area (Å²) in [5.74, 6) is 1.18. The first kappa shape index (κ1) is 16.5. The highest BCUT2D eigenvalue weighted by Gasteiger charge is 2.42. The Balaban J connectivity index is 1.65. The lowest BCUT2D eigenvalue weighted by atomic mass is 10.0. The molecule has 2 heterocycles.